The van der Waals surface area contributed by atoms with Crippen LogP contribution in [0.2, 0.25) is 0 Å². The molecule has 10 heteroatoms. The second-order valence-electron chi connectivity index (χ2n) is 6.99. The summed E-state index contributed by atoms with van der Waals surface area (Å²) in [6, 6.07) is 6.29. The molecule has 3 aromatic rings. The first-order chi connectivity index (χ1) is 14.4. The summed E-state index contributed by atoms with van der Waals surface area (Å²) in [6.07, 6.45) is -5.37. The first-order valence-corrected chi connectivity index (χ1v) is 9.39. The molecule has 31 heavy (non-hydrogen) atoms. The maximum atomic E-state index is 14.6. The van der Waals surface area contributed by atoms with Crippen LogP contribution in [-0.2, 0) is 0 Å². The minimum absolute atomic E-state index is 0.113. The monoisotopic (exact) mass is 460 g/mol. The standard InChI is InChI=1S/C21H18ClF5N2O2/c1-10-7-8-12-15(28-10)5-4-6-16(12)29-19(20(22,30)21(25,26)27)13-9-14(23)11(2)17(24)18(13)31-3/h4-9,19,29-30H,1-3H3. The zero-order valence-corrected chi connectivity index (χ0v) is 17.4. The van der Waals surface area contributed by atoms with E-state index in [1.165, 1.54) is 12.1 Å². The van der Waals surface area contributed by atoms with Crippen LogP contribution < -0.4 is 10.1 Å². The average Bonchev–Trinajstić information content (AvgIpc) is 2.68. The van der Waals surface area contributed by atoms with Gasteiger partial charge in [0.15, 0.2) is 11.6 Å². The number of nitrogens with one attached hydrogen (secondary N) is 1. The molecule has 0 radical (unpaired) electrons. The first-order valence-electron chi connectivity index (χ1n) is 9.02. The summed E-state index contributed by atoms with van der Waals surface area (Å²) in [5.74, 6) is -2.99. The highest BCUT2D eigenvalue weighted by atomic mass is 35.5. The van der Waals surface area contributed by atoms with Crippen LogP contribution in [-0.4, -0.2) is 28.4 Å². The molecule has 2 N–H and O–H groups in total. The Morgan fingerprint density at radius 3 is 2.42 bits per heavy atom. The van der Waals surface area contributed by atoms with Gasteiger partial charge in [-0.25, -0.2) is 8.78 Å². The minimum Gasteiger partial charge on any atom is -0.493 e. The summed E-state index contributed by atoms with van der Waals surface area (Å²) in [7, 11) is 1.02. The predicted molar refractivity (Wildman–Crippen MR) is 107 cm³/mol. The largest absolute Gasteiger partial charge is 0.493 e. The third-order valence-electron chi connectivity index (χ3n) is 4.90. The SMILES string of the molecule is COc1c(C(Nc2cccc3nc(C)ccc23)C(O)(Cl)C(F)(F)F)cc(F)c(C)c1F. The quantitative estimate of drug-likeness (QED) is 0.374. The molecule has 0 saturated heterocycles. The Bertz CT molecular complexity index is 1130. The first kappa shape index (κ1) is 23.0. The van der Waals surface area contributed by atoms with Crippen LogP contribution in [0.3, 0.4) is 0 Å². The number of ether oxygens (including phenoxy) is 1. The Morgan fingerprint density at radius 1 is 1.13 bits per heavy atom. The van der Waals surface area contributed by atoms with Crippen LogP contribution in [0.1, 0.15) is 22.9 Å². The molecule has 0 aliphatic carbocycles. The number of aromatic nitrogens is 1. The van der Waals surface area contributed by atoms with E-state index in [0.29, 0.717) is 22.7 Å². The lowest BCUT2D eigenvalue weighted by atomic mass is 9.96. The highest BCUT2D eigenvalue weighted by molar-refractivity contribution is 6.24. The lowest BCUT2D eigenvalue weighted by Gasteiger charge is -2.35. The predicted octanol–water partition coefficient (Wildman–Crippen LogP) is 5.78. The normalized spacial score (nSPS) is 14.9. The summed E-state index contributed by atoms with van der Waals surface area (Å²) in [6.45, 7) is 2.85. The van der Waals surface area contributed by atoms with E-state index < -0.39 is 45.8 Å². The number of hydrogen-bond acceptors (Lipinski definition) is 4. The zero-order chi connectivity index (χ0) is 23.1. The van der Waals surface area contributed by atoms with E-state index in [9.17, 15) is 27.1 Å². The lowest BCUT2D eigenvalue weighted by Crippen LogP contribution is -2.48. The molecule has 0 fully saturated rings. The molecule has 2 unspecified atom stereocenters. The van der Waals surface area contributed by atoms with Gasteiger partial charge in [0.1, 0.15) is 11.9 Å². The molecule has 0 aliphatic rings. The van der Waals surface area contributed by atoms with E-state index in [0.717, 1.165) is 14.0 Å². The number of pyridine rings is 1. The van der Waals surface area contributed by atoms with Gasteiger partial charge in [-0.15, -0.1) is 0 Å². The summed E-state index contributed by atoms with van der Waals surface area (Å²) in [5, 5.41) is 9.25. The minimum atomic E-state index is -5.37. The smallest absolute Gasteiger partial charge is 0.434 e. The highest BCUT2D eigenvalue weighted by Crippen LogP contribution is 2.48. The van der Waals surface area contributed by atoms with E-state index in [2.05, 4.69) is 10.3 Å². The maximum absolute atomic E-state index is 14.6. The number of anilines is 1. The van der Waals surface area contributed by atoms with Crippen molar-refractivity contribution in [2.45, 2.75) is 31.1 Å². The Balaban J connectivity index is 2.26. The summed E-state index contributed by atoms with van der Waals surface area (Å²) in [5.41, 5.74) is 0.155. The molecule has 1 heterocycles. The number of aliphatic hydroxyl groups is 1. The molecule has 0 bridgehead atoms. The topological polar surface area (TPSA) is 54.4 Å². The molecule has 0 aliphatic heterocycles. The van der Waals surface area contributed by atoms with Gasteiger partial charge in [-0.1, -0.05) is 17.7 Å². The van der Waals surface area contributed by atoms with Crippen LogP contribution in [0.25, 0.3) is 10.9 Å². The van der Waals surface area contributed by atoms with Gasteiger partial charge in [0, 0.05) is 27.9 Å². The molecule has 2 aromatic carbocycles. The molecule has 3 rings (SSSR count). The fourth-order valence-corrected chi connectivity index (χ4v) is 3.39. The van der Waals surface area contributed by atoms with Crippen molar-refractivity contribution in [3.8, 4) is 5.75 Å². The summed E-state index contributed by atoms with van der Waals surface area (Å²) in [4.78, 5) is 4.30. The molecule has 2 atom stereocenters. The number of hydrogen-bond donors (Lipinski definition) is 2. The van der Waals surface area contributed by atoms with E-state index in [4.69, 9.17) is 16.3 Å². The van der Waals surface area contributed by atoms with Gasteiger partial charge in [0.25, 0.3) is 5.06 Å². The van der Waals surface area contributed by atoms with E-state index in [-0.39, 0.29) is 5.69 Å². The number of fused-ring (bicyclic) bond motifs is 1. The maximum Gasteiger partial charge on any atom is 0.434 e. The van der Waals surface area contributed by atoms with Crippen molar-refractivity contribution in [3.63, 3.8) is 0 Å². The van der Waals surface area contributed by atoms with Gasteiger partial charge >= 0.3 is 6.18 Å². The van der Waals surface area contributed by atoms with Crippen molar-refractivity contribution in [1.29, 1.82) is 0 Å². The van der Waals surface area contributed by atoms with E-state index >= 15 is 0 Å². The van der Waals surface area contributed by atoms with E-state index in [1.54, 1.807) is 25.1 Å². The van der Waals surface area contributed by atoms with Gasteiger partial charge < -0.3 is 15.2 Å². The Hall–Kier alpha value is -2.65. The van der Waals surface area contributed by atoms with Gasteiger partial charge in [0.05, 0.1) is 12.6 Å². The van der Waals surface area contributed by atoms with Crippen molar-refractivity contribution in [1.82, 2.24) is 4.98 Å². The van der Waals surface area contributed by atoms with Gasteiger partial charge in [-0.05, 0) is 44.2 Å². The number of methoxy groups -OCH3 is 1. The van der Waals surface area contributed by atoms with Crippen LogP contribution in [0.4, 0.5) is 27.6 Å². The molecule has 4 nitrogen and oxygen atoms in total. The lowest BCUT2D eigenvalue weighted by molar-refractivity contribution is -0.229. The third kappa shape index (κ3) is 4.12. The van der Waals surface area contributed by atoms with Gasteiger partial charge in [-0.3, -0.25) is 4.98 Å². The number of rotatable bonds is 5. The zero-order valence-electron chi connectivity index (χ0n) is 16.6. The number of aryl methyl sites for hydroxylation is 1. The van der Waals surface area contributed by atoms with Crippen LogP contribution in [0.5, 0.6) is 5.75 Å². The van der Waals surface area contributed by atoms with Crippen LogP contribution in [0.15, 0.2) is 36.4 Å². The molecule has 166 valence electrons. The van der Waals surface area contributed by atoms with Gasteiger partial charge in [0.2, 0.25) is 0 Å². The fourth-order valence-electron chi connectivity index (χ4n) is 3.22. The Kier molecular flexibility index (Phi) is 6.03. The van der Waals surface area contributed by atoms with Crippen molar-refractivity contribution in [2.24, 2.45) is 0 Å². The molecule has 0 amide bonds. The second kappa shape index (κ2) is 8.12. The number of benzene rings is 2. The Labute approximate surface area is 179 Å². The Morgan fingerprint density at radius 2 is 1.81 bits per heavy atom. The third-order valence-corrected chi connectivity index (χ3v) is 5.33. The summed E-state index contributed by atoms with van der Waals surface area (Å²) < 4.78 is 74.9. The highest BCUT2D eigenvalue weighted by Gasteiger charge is 2.59. The van der Waals surface area contributed by atoms with Gasteiger partial charge in [-0.2, -0.15) is 13.2 Å². The van der Waals surface area contributed by atoms with Crippen LogP contribution in [0, 0.1) is 25.5 Å². The molecule has 0 spiro atoms. The second-order valence-corrected chi connectivity index (χ2v) is 7.57. The number of halogens is 6. The van der Waals surface area contributed by atoms with E-state index in [1.807, 2.05) is 0 Å². The summed E-state index contributed by atoms with van der Waals surface area (Å²) >= 11 is 5.56. The average molecular weight is 461 g/mol. The van der Waals surface area contributed by atoms with Crippen molar-refractivity contribution in [2.75, 3.05) is 12.4 Å². The van der Waals surface area contributed by atoms with Crippen molar-refractivity contribution < 1.29 is 31.8 Å². The molecule has 1 aromatic heterocycles. The molecular formula is C21H18ClF5N2O2. The fraction of sp³-hybridized carbons (Fsp3) is 0.286. The number of alkyl halides is 4. The van der Waals surface area contributed by atoms with Crippen molar-refractivity contribution in [3.05, 3.63) is 64.9 Å². The van der Waals surface area contributed by atoms with Crippen molar-refractivity contribution >= 4 is 28.2 Å². The van der Waals surface area contributed by atoms with Crippen LogP contribution >= 0.6 is 11.6 Å². The number of nitrogens with zero attached hydrogens (tertiary/aromatic N) is 1. The molecular weight excluding hydrogens is 443 g/mol. The molecule has 0 saturated carbocycles.